The molecule has 0 fully saturated rings. The average molecular weight is 271 g/mol. The van der Waals surface area contributed by atoms with Gasteiger partial charge in [0.2, 0.25) is 0 Å². The third-order valence-corrected chi connectivity index (χ3v) is 3.53. The second-order valence-electron chi connectivity index (χ2n) is 2.62. The first kappa shape index (κ1) is 12.4. The summed E-state index contributed by atoms with van der Waals surface area (Å²) in [6.07, 6.45) is 2.03. The molecule has 1 unspecified atom stereocenters. The van der Waals surface area contributed by atoms with Crippen LogP contribution in [0.15, 0.2) is 15.2 Å². The molecule has 1 atom stereocenters. The van der Waals surface area contributed by atoms with Crippen molar-refractivity contribution in [3.63, 3.8) is 0 Å². The Morgan fingerprint density at radius 3 is 2.67 bits per heavy atom. The first-order valence-corrected chi connectivity index (χ1v) is 5.43. The van der Waals surface area contributed by atoms with Gasteiger partial charge in [-0.1, -0.05) is 6.92 Å². The van der Waals surface area contributed by atoms with E-state index >= 15 is 0 Å². The van der Waals surface area contributed by atoms with Gasteiger partial charge in [-0.25, -0.2) is 0 Å². The van der Waals surface area contributed by atoms with Crippen LogP contribution in [0.25, 0.3) is 0 Å². The predicted octanol–water partition coefficient (Wildman–Crippen LogP) is 3.21. The first-order chi connectivity index (χ1) is 5.24. The van der Waals surface area contributed by atoms with Crippen molar-refractivity contribution in [3.8, 4) is 0 Å². The molecule has 0 spiro atoms. The van der Waals surface area contributed by atoms with E-state index in [1.807, 2.05) is 0 Å². The molecule has 1 heterocycles. The van der Waals surface area contributed by atoms with E-state index in [0.717, 1.165) is 12.8 Å². The molecule has 1 aromatic rings. The first-order valence-electron chi connectivity index (χ1n) is 3.70. The molecule has 4 heteroatoms. The van der Waals surface area contributed by atoms with Crippen LogP contribution in [0.4, 0.5) is 0 Å². The van der Waals surface area contributed by atoms with Crippen molar-refractivity contribution in [2.75, 3.05) is 0 Å². The van der Waals surface area contributed by atoms with Crippen molar-refractivity contribution in [2.24, 2.45) is 5.73 Å². The van der Waals surface area contributed by atoms with E-state index in [0.29, 0.717) is 6.04 Å². The van der Waals surface area contributed by atoms with Crippen LogP contribution >= 0.6 is 39.7 Å². The van der Waals surface area contributed by atoms with E-state index in [9.17, 15) is 0 Å². The van der Waals surface area contributed by atoms with E-state index in [2.05, 4.69) is 33.6 Å². The summed E-state index contributed by atoms with van der Waals surface area (Å²) in [7, 11) is 0. The van der Waals surface area contributed by atoms with Crippen LogP contribution in [0.5, 0.6) is 0 Å². The quantitative estimate of drug-likeness (QED) is 0.897. The molecule has 2 N–H and O–H groups in total. The number of hydrogen-bond acceptors (Lipinski definition) is 2. The molecule has 12 heavy (non-hydrogen) atoms. The van der Waals surface area contributed by atoms with Crippen molar-refractivity contribution in [3.05, 3.63) is 20.8 Å². The topological polar surface area (TPSA) is 26.0 Å². The van der Waals surface area contributed by atoms with Crippen molar-refractivity contribution >= 4 is 39.7 Å². The van der Waals surface area contributed by atoms with Gasteiger partial charge in [0.05, 0.1) is 0 Å². The van der Waals surface area contributed by atoms with Gasteiger partial charge in [0.1, 0.15) is 0 Å². The Kier molecular flexibility index (Phi) is 6.19. The maximum Gasteiger partial charge on any atom is 0.0314 e. The van der Waals surface area contributed by atoms with Gasteiger partial charge in [0.25, 0.3) is 0 Å². The third-order valence-electron chi connectivity index (χ3n) is 1.70. The van der Waals surface area contributed by atoms with Gasteiger partial charge in [-0.2, -0.15) is 11.3 Å². The Balaban J connectivity index is 0.00000121. The summed E-state index contributed by atoms with van der Waals surface area (Å²) in [5.74, 6) is 0. The van der Waals surface area contributed by atoms with Crippen LogP contribution < -0.4 is 5.73 Å². The molecular weight excluding hydrogens is 258 g/mol. The second-order valence-corrected chi connectivity index (χ2v) is 4.22. The molecule has 0 aliphatic rings. The molecule has 0 aromatic carbocycles. The highest BCUT2D eigenvalue weighted by molar-refractivity contribution is 9.10. The SMILES string of the molecule is CCC(N)Cc1cscc1Br.Cl. The van der Waals surface area contributed by atoms with Crippen LogP contribution in [0.2, 0.25) is 0 Å². The maximum absolute atomic E-state index is 5.82. The van der Waals surface area contributed by atoms with Gasteiger partial charge >= 0.3 is 0 Å². The average Bonchev–Trinajstić information content (AvgIpc) is 2.37. The predicted molar refractivity (Wildman–Crippen MR) is 61.2 cm³/mol. The van der Waals surface area contributed by atoms with E-state index in [1.165, 1.54) is 10.0 Å². The fourth-order valence-electron chi connectivity index (χ4n) is 0.880. The zero-order chi connectivity index (χ0) is 8.27. The number of thiophene rings is 1. The lowest BCUT2D eigenvalue weighted by atomic mass is 10.1. The van der Waals surface area contributed by atoms with E-state index < -0.39 is 0 Å². The van der Waals surface area contributed by atoms with Crippen LogP contribution in [0.3, 0.4) is 0 Å². The number of halogens is 2. The molecule has 70 valence electrons. The fourth-order valence-corrected chi connectivity index (χ4v) is 2.36. The summed E-state index contributed by atoms with van der Waals surface area (Å²) >= 11 is 5.20. The molecule has 0 aliphatic heterocycles. The Labute approximate surface area is 91.9 Å². The monoisotopic (exact) mass is 269 g/mol. The lowest BCUT2D eigenvalue weighted by molar-refractivity contribution is 0.646. The fraction of sp³-hybridized carbons (Fsp3) is 0.500. The molecular formula is C8H13BrClNS. The smallest absolute Gasteiger partial charge is 0.0314 e. The molecule has 0 radical (unpaired) electrons. The van der Waals surface area contributed by atoms with Gasteiger partial charge < -0.3 is 5.73 Å². The molecule has 1 rings (SSSR count). The highest BCUT2D eigenvalue weighted by Crippen LogP contribution is 2.22. The van der Waals surface area contributed by atoms with E-state index in [1.54, 1.807) is 11.3 Å². The highest BCUT2D eigenvalue weighted by atomic mass is 79.9. The summed E-state index contributed by atoms with van der Waals surface area (Å²) in [5, 5.41) is 4.25. The standard InChI is InChI=1S/C8H12BrNS.ClH/c1-2-7(10)3-6-4-11-5-8(6)9;/h4-5,7H,2-3,10H2,1H3;1H. The summed E-state index contributed by atoms with van der Waals surface area (Å²) < 4.78 is 1.20. The molecule has 1 nitrogen and oxygen atoms in total. The van der Waals surface area contributed by atoms with Gasteiger partial charge in [0, 0.05) is 15.9 Å². The zero-order valence-corrected chi connectivity index (χ0v) is 10.1. The molecule has 0 aliphatic carbocycles. The lowest BCUT2D eigenvalue weighted by Gasteiger charge is -2.06. The Morgan fingerprint density at radius 1 is 1.58 bits per heavy atom. The van der Waals surface area contributed by atoms with Crippen molar-refractivity contribution in [1.82, 2.24) is 0 Å². The largest absolute Gasteiger partial charge is 0.327 e. The van der Waals surface area contributed by atoms with Crippen LogP contribution in [0, 0.1) is 0 Å². The number of nitrogens with two attached hydrogens (primary N) is 1. The molecule has 0 saturated heterocycles. The van der Waals surface area contributed by atoms with Gasteiger partial charge in [0.15, 0.2) is 0 Å². The van der Waals surface area contributed by atoms with Gasteiger partial charge in [-0.05, 0) is 39.7 Å². The normalized spacial score (nSPS) is 12.2. The summed E-state index contributed by atoms with van der Waals surface area (Å²) in [6.45, 7) is 2.12. The molecule has 1 aromatic heterocycles. The minimum atomic E-state index is 0. The van der Waals surface area contributed by atoms with Crippen molar-refractivity contribution in [2.45, 2.75) is 25.8 Å². The van der Waals surface area contributed by atoms with Crippen LogP contribution in [0.1, 0.15) is 18.9 Å². The van der Waals surface area contributed by atoms with Gasteiger partial charge in [-0.3, -0.25) is 0 Å². The van der Waals surface area contributed by atoms with E-state index in [4.69, 9.17) is 5.73 Å². The highest BCUT2D eigenvalue weighted by Gasteiger charge is 2.04. The Morgan fingerprint density at radius 2 is 2.25 bits per heavy atom. The minimum absolute atomic E-state index is 0. The second kappa shape index (κ2) is 5.97. The Bertz CT molecular complexity index is 227. The summed E-state index contributed by atoms with van der Waals surface area (Å²) in [6, 6.07) is 0.306. The molecule has 0 saturated carbocycles. The third kappa shape index (κ3) is 3.44. The van der Waals surface area contributed by atoms with Crippen LogP contribution in [-0.4, -0.2) is 6.04 Å². The van der Waals surface area contributed by atoms with Crippen molar-refractivity contribution in [1.29, 1.82) is 0 Å². The lowest BCUT2D eigenvalue weighted by Crippen LogP contribution is -2.21. The number of hydrogen-bond donors (Lipinski definition) is 1. The summed E-state index contributed by atoms with van der Waals surface area (Å²) in [4.78, 5) is 0. The van der Waals surface area contributed by atoms with Crippen molar-refractivity contribution < 1.29 is 0 Å². The maximum atomic E-state index is 5.82. The minimum Gasteiger partial charge on any atom is -0.327 e. The Hall–Kier alpha value is 0.430. The molecule has 0 amide bonds. The molecule has 0 bridgehead atoms. The number of rotatable bonds is 3. The van der Waals surface area contributed by atoms with E-state index in [-0.39, 0.29) is 12.4 Å². The van der Waals surface area contributed by atoms with Crippen LogP contribution in [-0.2, 0) is 6.42 Å². The summed E-state index contributed by atoms with van der Waals surface area (Å²) in [5.41, 5.74) is 7.15. The zero-order valence-electron chi connectivity index (χ0n) is 6.92. The van der Waals surface area contributed by atoms with Gasteiger partial charge in [-0.15, -0.1) is 12.4 Å².